The van der Waals surface area contributed by atoms with Crippen LogP contribution in [0.5, 0.6) is 5.75 Å². The number of nitrogens with zero attached hydrogens (tertiary/aromatic N) is 1. The second-order valence-electron chi connectivity index (χ2n) is 6.82. The van der Waals surface area contributed by atoms with Crippen LogP contribution in [0.25, 0.3) is 0 Å². The van der Waals surface area contributed by atoms with E-state index in [0.717, 1.165) is 31.9 Å². The van der Waals surface area contributed by atoms with Crippen LogP contribution >= 0.6 is 0 Å². The highest BCUT2D eigenvalue weighted by atomic mass is 16.5. The fourth-order valence-corrected chi connectivity index (χ4v) is 3.55. The number of piperazine rings is 1. The van der Waals surface area contributed by atoms with E-state index in [-0.39, 0.29) is 0 Å². The Kier molecular flexibility index (Phi) is 5.54. The zero-order valence-electron chi connectivity index (χ0n) is 15.0. The standard InChI is InChI=1S/C21H28N2O/c1-16(2)19-6-4-5-7-20(19)21-14-22-12-13-23(21)15-17-8-10-18(24-3)11-9-17/h4-11,16,21-22H,12-15H2,1-3H3. The summed E-state index contributed by atoms with van der Waals surface area (Å²) in [7, 11) is 1.71. The molecule has 1 saturated heterocycles. The van der Waals surface area contributed by atoms with Crippen molar-refractivity contribution in [2.75, 3.05) is 26.7 Å². The number of methoxy groups -OCH3 is 1. The quantitative estimate of drug-likeness (QED) is 0.901. The lowest BCUT2D eigenvalue weighted by atomic mass is 9.91. The van der Waals surface area contributed by atoms with Gasteiger partial charge in [0.1, 0.15) is 5.75 Å². The fourth-order valence-electron chi connectivity index (χ4n) is 3.55. The molecule has 128 valence electrons. The third-order valence-electron chi connectivity index (χ3n) is 4.88. The third-order valence-corrected chi connectivity index (χ3v) is 4.88. The van der Waals surface area contributed by atoms with E-state index in [2.05, 4.69) is 72.6 Å². The predicted molar refractivity (Wildman–Crippen MR) is 99.5 cm³/mol. The van der Waals surface area contributed by atoms with E-state index in [4.69, 9.17) is 4.74 Å². The van der Waals surface area contributed by atoms with Crippen molar-refractivity contribution in [3.8, 4) is 5.75 Å². The molecule has 0 saturated carbocycles. The van der Waals surface area contributed by atoms with Crippen LogP contribution in [0.3, 0.4) is 0 Å². The van der Waals surface area contributed by atoms with Crippen molar-refractivity contribution in [3.05, 3.63) is 65.2 Å². The fraction of sp³-hybridized carbons (Fsp3) is 0.429. The van der Waals surface area contributed by atoms with Crippen LogP contribution in [0, 0.1) is 0 Å². The van der Waals surface area contributed by atoms with Gasteiger partial charge in [-0.05, 0) is 34.7 Å². The lowest BCUT2D eigenvalue weighted by Crippen LogP contribution is -2.45. The first-order valence-electron chi connectivity index (χ1n) is 8.85. The number of benzene rings is 2. The summed E-state index contributed by atoms with van der Waals surface area (Å²) in [6.07, 6.45) is 0. The van der Waals surface area contributed by atoms with Crippen LogP contribution in [0.1, 0.15) is 42.5 Å². The normalized spacial score (nSPS) is 18.8. The second-order valence-corrected chi connectivity index (χ2v) is 6.82. The van der Waals surface area contributed by atoms with Crippen molar-refractivity contribution in [1.29, 1.82) is 0 Å². The smallest absolute Gasteiger partial charge is 0.118 e. The van der Waals surface area contributed by atoms with Gasteiger partial charge in [0.25, 0.3) is 0 Å². The summed E-state index contributed by atoms with van der Waals surface area (Å²) in [6, 6.07) is 17.8. The van der Waals surface area contributed by atoms with Gasteiger partial charge in [-0.1, -0.05) is 50.2 Å². The van der Waals surface area contributed by atoms with Crippen LogP contribution in [-0.4, -0.2) is 31.6 Å². The minimum absolute atomic E-state index is 0.430. The molecule has 1 fully saturated rings. The number of ether oxygens (including phenoxy) is 1. The van der Waals surface area contributed by atoms with Gasteiger partial charge in [-0.3, -0.25) is 4.90 Å². The highest BCUT2D eigenvalue weighted by molar-refractivity contribution is 5.33. The zero-order valence-corrected chi connectivity index (χ0v) is 15.0. The predicted octanol–water partition coefficient (Wildman–Crippen LogP) is 3.97. The molecule has 3 heteroatoms. The first-order valence-corrected chi connectivity index (χ1v) is 8.85. The summed E-state index contributed by atoms with van der Waals surface area (Å²) in [6.45, 7) is 8.67. The summed E-state index contributed by atoms with van der Waals surface area (Å²) in [5.41, 5.74) is 4.27. The molecule has 2 aromatic rings. The van der Waals surface area contributed by atoms with Crippen LogP contribution in [0.15, 0.2) is 48.5 Å². The molecular formula is C21H28N2O. The molecule has 24 heavy (non-hydrogen) atoms. The van der Waals surface area contributed by atoms with Crippen molar-refractivity contribution in [3.63, 3.8) is 0 Å². The molecular weight excluding hydrogens is 296 g/mol. The maximum absolute atomic E-state index is 5.27. The van der Waals surface area contributed by atoms with Gasteiger partial charge >= 0.3 is 0 Å². The number of hydrogen-bond donors (Lipinski definition) is 1. The summed E-state index contributed by atoms with van der Waals surface area (Å²) in [5.74, 6) is 1.46. The minimum Gasteiger partial charge on any atom is -0.497 e. The first-order chi connectivity index (χ1) is 11.7. The lowest BCUT2D eigenvalue weighted by molar-refractivity contribution is 0.153. The molecule has 0 spiro atoms. The summed E-state index contributed by atoms with van der Waals surface area (Å²) >= 11 is 0. The van der Waals surface area contributed by atoms with E-state index >= 15 is 0 Å². The van der Waals surface area contributed by atoms with Gasteiger partial charge in [-0.2, -0.15) is 0 Å². The average molecular weight is 324 g/mol. The van der Waals surface area contributed by atoms with Gasteiger partial charge < -0.3 is 10.1 Å². The molecule has 0 aliphatic carbocycles. The maximum Gasteiger partial charge on any atom is 0.118 e. The van der Waals surface area contributed by atoms with E-state index in [1.165, 1.54) is 16.7 Å². The number of hydrogen-bond acceptors (Lipinski definition) is 3. The number of rotatable bonds is 5. The van der Waals surface area contributed by atoms with E-state index in [9.17, 15) is 0 Å². The molecule has 3 nitrogen and oxygen atoms in total. The minimum atomic E-state index is 0.430. The summed E-state index contributed by atoms with van der Waals surface area (Å²) in [5, 5.41) is 3.57. The Morgan fingerprint density at radius 2 is 1.88 bits per heavy atom. The Morgan fingerprint density at radius 1 is 1.12 bits per heavy atom. The number of nitrogens with one attached hydrogen (secondary N) is 1. The molecule has 3 rings (SSSR count). The van der Waals surface area contributed by atoms with Gasteiger partial charge in [0.15, 0.2) is 0 Å². The first kappa shape index (κ1) is 17.0. The van der Waals surface area contributed by atoms with E-state index < -0.39 is 0 Å². The van der Waals surface area contributed by atoms with E-state index in [1.54, 1.807) is 7.11 Å². The molecule has 1 N–H and O–H groups in total. The molecule has 1 unspecified atom stereocenters. The van der Waals surface area contributed by atoms with Crippen LogP contribution in [0.2, 0.25) is 0 Å². The molecule has 1 heterocycles. The molecule has 0 radical (unpaired) electrons. The molecule has 0 amide bonds. The largest absolute Gasteiger partial charge is 0.497 e. The molecule has 0 aromatic heterocycles. The Balaban J connectivity index is 1.83. The SMILES string of the molecule is COc1ccc(CN2CCNCC2c2ccccc2C(C)C)cc1. The Hall–Kier alpha value is -1.84. The highest BCUT2D eigenvalue weighted by Crippen LogP contribution is 2.30. The van der Waals surface area contributed by atoms with Gasteiger partial charge in [0.05, 0.1) is 7.11 Å². The van der Waals surface area contributed by atoms with Crippen LogP contribution in [0.4, 0.5) is 0 Å². The topological polar surface area (TPSA) is 24.5 Å². The van der Waals surface area contributed by atoms with Crippen molar-refractivity contribution < 1.29 is 4.74 Å². The molecule has 1 aliphatic heterocycles. The van der Waals surface area contributed by atoms with Crippen molar-refractivity contribution in [1.82, 2.24) is 10.2 Å². The van der Waals surface area contributed by atoms with Crippen molar-refractivity contribution in [2.24, 2.45) is 0 Å². The van der Waals surface area contributed by atoms with Gasteiger partial charge in [0.2, 0.25) is 0 Å². The Bertz CT molecular complexity index is 651. The van der Waals surface area contributed by atoms with Crippen LogP contribution in [-0.2, 0) is 6.54 Å². The molecule has 2 aromatic carbocycles. The van der Waals surface area contributed by atoms with E-state index in [0.29, 0.717) is 12.0 Å². The average Bonchev–Trinajstić information content (AvgIpc) is 2.63. The van der Waals surface area contributed by atoms with Gasteiger partial charge in [-0.15, -0.1) is 0 Å². The summed E-state index contributed by atoms with van der Waals surface area (Å²) in [4.78, 5) is 2.60. The Labute approximate surface area is 145 Å². The van der Waals surface area contributed by atoms with E-state index in [1.807, 2.05) is 0 Å². The van der Waals surface area contributed by atoms with Crippen LogP contribution < -0.4 is 10.1 Å². The van der Waals surface area contributed by atoms with Gasteiger partial charge in [0, 0.05) is 32.2 Å². The maximum atomic E-state index is 5.27. The van der Waals surface area contributed by atoms with Gasteiger partial charge in [-0.25, -0.2) is 0 Å². The molecule has 1 atom stereocenters. The molecule has 0 bridgehead atoms. The Morgan fingerprint density at radius 3 is 2.58 bits per heavy atom. The second kappa shape index (κ2) is 7.82. The third kappa shape index (κ3) is 3.80. The van der Waals surface area contributed by atoms with Crippen molar-refractivity contribution in [2.45, 2.75) is 32.4 Å². The monoisotopic (exact) mass is 324 g/mol. The lowest BCUT2D eigenvalue weighted by Gasteiger charge is -2.38. The summed E-state index contributed by atoms with van der Waals surface area (Å²) < 4.78 is 5.27. The zero-order chi connectivity index (χ0) is 16.9. The molecule has 1 aliphatic rings. The van der Waals surface area contributed by atoms with Crippen molar-refractivity contribution >= 4 is 0 Å². The highest BCUT2D eigenvalue weighted by Gasteiger charge is 2.26.